The van der Waals surface area contributed by atoms with Gasteiger partial charge in [-0.15, -0.1) is 0 Å². The predicted molar refractivity (Wildman–Crippen MR) is 95.2 cm³/mol. The molecule has 24 heavy (non-hydrogen) atoms. The number of carbonyl (C=O) groups is 1. The number of anilines is 1. The first-order valence-electron chi connectivity index (χ1n) is 8.04. The lowest BCUT2D eigenvalue weighted by Crippen LogP contribution is -2.30. The molecule has 4 nitrogen and oxygen atoms in total. The number of rotatable bonds is 4. The van der Waals surface area contributed by atoms with Crippen LogP contribution in [0, 0.1) is 11.3 Å². The number of nitriles is 1. The Balaban J connectivity index is 1.59. The average Bonchev–Trinajstić information content (AvgIpc) is 3.09. The summed E-state index contributed by atoms with van der Waals surface area (Å²) in [4.78, 5) is 14.2. The van der Waals surface area contributed by atoms with Crippen molar-refractivity contribution in [2.24, 2.45) is 0 Å². The Kier molecular flexibility index (Phi) is 4.93. The fourth-order valence-electron chi connectivity index (χ4n) is 2.86. The molecule has 2 aromatic carbocycles. The number of nitrogens with one attached hydrogen (secondary N) is 1. The van der Waals surface area contributed by atoms with Crippen molar-refractivity contribution in [2.75, 3.05) is 18.4 Å². The van der Waals surface area contributed by atoms with E-state index in [1.54, 1.807) is 18.2 Å². The van der Waals surface area contributed by atoms with E-state index in [1.165, 1.54) is 0 Å². The molecule has 2 aromatic rings. The van der Waals surface area contributed by atoms with E-state index in [1.807, 2.05) is 53.4 Å². The lowest BCUT2D eigenvalue weighted by atomic mass is 10.1. The molecule has 120 valence electrons. The minimum atomic E-state index is -0.0138. The molecule has 0 radical (unpaired) electrons. The quantitative estimate of drug-likeness (QED) is 0.880. The van der Waals surface area contributed by atoms with Gasteiger partial charge in [-0.3, -0.25) is 4.79 Å². The van der Waals surface area contributed by atoms with Gasteiger partial charge < -0.3 is 10.2 Å². The van der Waals surface area contributed by atoms with Gasteiger partial charge in [0.05, 0.1) is 11.6 Å². The first-order valence-corrected chi connectivity index (χ1v) is 8.04. The van der Waals surface area contributed by atoms with Gasteiger partial charge in [0.25, 0.3) is 0 Å². The van der Waals surface area contributed by atoms with E-state index in [2.05, 4.69) is 11.4 Å². The second-order valence-electron chi connectivity index (χ2n) is 5.81. The molecule has 0 saturated carbocycles. The van der Waals surface area contributed by atoms with Crippen molar-refractivity contribution in [3.63, 3.8) is 0 Å². The molecule has 1 aliphatic heterocycles. The minimum Gasteiger partial charge on any atom is -0.380 e. The van der Waals surface area contributed by atoms with Crippen molar-refractivity contribution in [1.82, 2.24) is 4.90 Å². The van der Waals surface area contributed by atoms with Crippen LogP contribution in [-0.2, 0) is 4.79 Å². The molecule has 0 aromatic heterocycles. The maximum Gasteiger partial charge on any atom is 0.246 e. The smallest absolute Gasteiger partial charge is 0.246 e. The Morgan fingerprint density at radius 1 is 1.17 bits per heavy atom. The van der Waals surface area contributed by atoms with Crippen LogP contribution in [0.3, 0.4) is 0 Å². The molecule has 1 heterocycles. The second kappa shape index (κ2) is 7.47. The molecule has 1 amide bonds. The summed E-state index contributed by atoms with van der Waals surface area (Å²) in [7, 11) is 0. The fraction of sp³-hybridized carbons (Fsp3) is 0.200. The number of likely N-dealkylation sites (tertiary alicyclic amines) is 1. The molecule has 0 unspecified atom stereocenters. The van der Waals surface area contributed by atoms with Crippen molar-refractivity contribution < 1.29 is 4.79 Å². The van der Waals surface area contributed by atoms with Crippen molar-refractivity contribution in [3.05, 3.63) is 71.8 Å². The van der Waals surface area contributed by atoms with Gasteiger partial charge in [-0.2, -0.15) is 5.26 Å². The van der Waals surface area contributed by atoms with Gasteiger partial charge in [0.15, 0.2) is 0 Å². The Bertz CT molecular complexity index is 777. The third kappa shape index (κ3) is 3.82. The lowest BCUT2D eigenvalue weighted by molar-refractivity contribution is -0.124. The highest BCUT2D eigenvalue weighted by Crippen LogP contribution is 2.16. The van der Waals surface area contributed by atoms with E-state index in [-0.39, 0.29) is 11.9 Å². The molecule has 0 bridgehead atoms. The van der Waals surface area contributed by atoms with Crippen molar-refractivity contribution >= 4 is 17.7 Å². The Labute approximate surface area is 142 Å². The Morgan fingerprint density at radius 3 is 2.71 bits per heavy atom. The summed E-state index contributed by atoms with van der Waals surface area (Å²) in [5.74, 6) is -0.0138. The van der Waals surface area contributed by atoms with Crippen LogP contribution in [0.1, 0.15) is 17.5 Å². The summed E-state index contributed by atoms with van der Waals surface area (Å²) < 4.78 is 0. The second-order valence-corrected chi connectivity index (χ2v) is 5.81. The standard InChI is InChI=1S/C20H19N3O/c21-14-17-7-5-4-6-16(17)10-11-20(24)23-13-12-19(15-23)22-18-8-2-1-3-9-18/h1-11,19,22H,12-13,15H2/b11-10-/t19-/m0/s1. The van der Waals surface area contributed by atoms with Crippen LogP contribution in [-0.4, -0.2) is 29.9 Å². The first kappa shape index (κ1) is 15.8. The third-order valence-electron chi connectivity index (χ3n) is 4.13. The van der Waals surface area contributed by atoms with E-state index in [0.717, 1.165) is 24.2 Å². The summed E-state index contributed by atoms with van der Waals surface area (Å²) in [6.45, 7) is 1.44. The van der Waals surface area contributed by atoms with Gasteiger partial charge >= 0.3 is 0 Å². The number of hydrogen-bond acceptors (Lipinski definition) is 3. The molecule has 3 rings (SSSR count). The molecule has 1 N–H and O–H groups in total. The number of carbonyl (C=O) groups excluding carboxylic acids is 1. The van der Waals surface area contributed by atoms with Crippen LogP contribution in [0.15, 0.2) is 60.7 Å². The molecule has 1 saturated heterocycles. The van der Waals surface area contributed by atoms with Gasteiger partial charge in [-0.25, -0.2) is 0 Å². The molecular weight excluding hydrogens is 298 g/mol. The largest absolute Gasteiger partial charge is 0.380 e. The number of para-hydroxylation sites is 1. The van der Waals surface area contributed by atoms with Gasteiger partial charge in [-0.05, 0) is 36.3 Å². The van der Waals surface area contributed by atoms with Crippen molar-refractivity contribution in [1.29, 1.82) is 5.26 Å². The fourth-order valence-corrected chi connectivity index (χ4v) is 2.86. The molecular formula is C20H19N3O. The number of benzene rings is 2. The Hall–Kier alpha value is -3.06. The summed E-state index contributed by atoms with van der Waals surface area (Å²) >= 11 is 0. The van der Waals surface area contributed by atoms with Crippen LogP contribution in [0.2, 0.25) is 0 Å². The zero-order valence-electron chi connectivity index (χ0n) is 13.4. The van der Waals surface area contributed by atoms with Crippen LogP contribution in [0.25, 0.3) is 6.08 Å². The van der Waals surface area contributed by atoms with E-state index in [4.69, 9.17) is 5.26 Å². The topological polar surface area (TPSA) is 56.1 Å². The predicted octanol–water partition coefficient (Wildman–Crippen LogP) is 3.28. The van der Waals surface area contributed by atoms with E-state index < -0.39 is 0 Å². The summed E-state index contributed by atoms with van der Waals surface area (Å²) in [5.41, 5.74) is 2.42. The molecule has 1 atom stereocenters. The highest BCUT2D eigenvalue weighted by atomic mass is 16.2. The van der Waals surface area contributed by atoms with Gasteiger partial charge in [0.1, 0.15) is 0 Å². The summed E-state index contributed by atoms with van der Waals surface area (Å²) in [6, 6.07) is 19.7. The van der Waals surface area contributed by atoms with Crippen LogP contribution < -0.4 is 5.32 Å². The van der Waals surface area contributed by atoms with Crippen LogP contribution in [0.5, 0.6) is 0 Å². The average molecular weight is 317 g/mol. The minimum absolute atomic E-state index is 0.0138. The molecule has 1 fully saturated rings. The third-order valence-corrected chi connectivity index (χ3v) is 4.13. The SMILES string of the molecule is N#Cc1ccccc1/C=C\C(=O)N1CC[C@H](Nc2ccccc2)C1. The van der Waals surface area contributed by atoms with Gasteiger partial charge in [0.2, 0.25) is 5.91 Å². The summed E-state index contributed by atoms with van der Waals surface area (Å²) in [5, 5.41) is 12.5. The van der Waals surface area contributed by atoms with Crippen molar-refractivity contribution in [3.8, 4) is 6.07 Å². The maximum absolute atomic E-state index is 12.3. The number of hydrogen-bond donors (Lipinski definition) is 1. The highest BCUT2D eigenvalue weighted by Gasteiger charge is 2.24. The number of amides is 1. The van der Waals surface area contributed by atoms with Crippen LogP contribution >= 0.6 is 0 Å². The molecule has 4 heteroatoms. The zero-order valence-corrected chi connectivity index (χ0v) is 13.4. The van der Waals surface area contributed by atoms with E-state index >= 15 is 0 Å². The van der Waals surface area contributed by atoms with Crippen molar-refractivity contribution in [2.45, 2.75) is 12.5 Å². The monoisotopic (exact) mass is 317 g/mol. The number of nitrogens with zero attached hydrogens (tertiary/aromatic N) is 2. The summed E-state index contributed by atoms with van der Waals surface area (Å²) in [6.07, 6.45) is 4.21. The maximum atomic E-state index is 12.3. The van der Waals surface area contributed by atoms with E-state index in [9.17, 15) is 4.79 Å². The van der Waals surface area contributed by atoms with E-state index in [0.29, 0.717) is 12.1 Å². The molecule has 0 spiro atoms. The first-order chi connectivity index (χ1) is 11.8. The highest BCUT2D eigenvalue weighted by molar-refractivity contribution is 5.92. The Morgan fingerprint density at radius 2 is 1.92 bits per heavy atom. The molecule has 1 aliphatic rings. The zero-order chi connectivity index (χ0) is 16.8. The van der Waals surface area contributed by atoms with Gasteiger partial charge in [-0.1, -0.05) is 36.4 Å². The lowest BCUT2D eigenvalue weighted by Gasteiger charge is -2.16. The van der Waals surface area contributed by atoms with Gasteiger partial charge in [0, 0.05) is 30.9 Å². The molecule has 0 aliphatic carbocycles. The normalized spacial score (nSPS) is 17.0. The van der Waals surface area contributed by atoms with Crippen LogP contribution in [0.4, 0.5) is 5.69 Å².